The second kappa shape index (κ2) is 7.02. The Morgan fingerprint density at radius 1 is 1.25 bits per heavy atom. The maximum Gasteiger partial charge on any atom is 0.0468 e. The quantitative estimate of drug-likeness (QED) is 0.732. The summed E-state index contributed by atoms with van der Waals surface area (Å²) in [5.41, 5.74) is 1.37. The Morgan fingerprint density at radius 3 is 3.15 bits per heavy atom. The van der Waals surface area contributed by atoms with Crippen molar-refractivity contribution in [2.75, 3.05) is 13.2 Å². The highest BCUT2D eigenvalue weighted by molar-refractivity contribution is 8.03. The molecule has 0 spiro atoms. The fourth-order valence-corrected chi connectivity index (χ4v) is 4.25. The molecule has 1 nitrogen and oxygen atoms in total. The van der Waals surface area contributed by atoms with Gasteiger partial charge in [0.25, 0.3) is 0 Å². The van der Waals surface area contributed by atoms with Gasteiger partial charge in [0.15, 0.2) is 0 Å². The minimum Gasteiger partial charge on any atom is -0.381 e. The summed E-state index contributed by atoms with van der Waals surface area (Å²) < 4.78 is 5.54. The van der Waals surface area contributed by atoms with E-state index in [0.29, 0.717) is 0 Å². The van der Waals surface area contributed by atoms with Crippen LogP contribution < -0.4 is 0 Å². The van der Waals surface area contributed by atoms with Crippen LogP contribution in [0.2, 0.25) is 5.02 Å². The van der Waals surface area contributed by atoms with E-state index in [-0.39, 0.29) is 0 Å². The van der Waals surface area contributed by atoms with Crippen LogP contribution in [0.1, 0.15) is 37.7 Å². The van der Waals surface area contributed by atoms with E-state index in [2.05, 4.69) is 18.2 Å². The third-order valence-electron chi connectivity index (χ3n) is 4.18. The summed E-state index contributed by atoms with van der Waals surface area (Å²) in [6.45, 7) is 1.92. The van der Waals surface area contributed by atoms with Crippen LogP contribution in [0.5, 0.6) is 0 Å². The molecule has 1 atom stereocenters. The number of hydrogen-bond donors (Lipinski definition) is 0. The predicted molar refractivity (Wildman–Crippen MR) is 86.5 cm³/mol. The van der Waals surface area contributed by atoms with Crippen LogP contribution in [0, 0.1) is 5.92 Å². The minimum atomic E-state index is 0.847. The van der Waals surface area contributed by atoms with Gasteiger partial charge < -0.3 is 4.74 Å². The lowest BCUT2D eigenvalue weighted by atomic mass is 9.95. The van der Waals surface area contributed by atoms with E-state index in [1.54, 1.807) is 0 Å². The molecule has 0 saturated carbocycles. The van der Waals surface area contributed by atoms with Gasteiger partial charge in [-0.2, -0.15) is 0 Å². The van der Waals surface area contributed by atoms with Crippen LogP contribution in [-0.4, -0.2) is 13.2 Å². The highest BCUT2D eigenvalue weighted by Gasteiger charge is 2.16. The Labute approximate surface area is 130 Å². The fourth-order valence-electron chi connectivity index (χ4n) is 2.97. The number of thioether (sulfide) groups is 1. The molecule has 0 aliphatic carbocycles. The number of hydrogen-bond acceptors (Lipinski definition) is 2. The molecular formula is C17H21ClOS. The first-order valence-electron chi connectivity index (χ1n) is 7.54. The first-order valence-corrected chi connectivity index (χ1v) is 8.74. The van der Waals surface area contributed by atoms with Crippen molar-refractivity contribution in [3.8, 4) is 0 Å². The topological polar surface area (TPSA) is 9.23 Å². The first-order chi connectivity index (χ1) is 9.81. The summed E-state index contributed by atoms with van der Waals surface area (Å²) >= 11 is 7.98. The lowest BCUT2D eigenvalue weighted by Gasteiger charge is -2.19. The van der Waals surface area contributed by atoms with Crippen molar-refractivity contribution in [3.63, 3.8) is 0 Å². The highest BCUT2D eigenvalue weighted by atomic mass is 35.5. The SMILES string of the molecule is Clc1ccc2c(c1)CC=C(CCC1CCCOCC1)S2. The molecule has 2 aliphatic rings. The standard InChI is InChI=1S/C17H21ClOS/c18-15-5-8-17-14(12-15)4-7-16(20-17)6-3-13-2-1-10-19-11-9-13/h5,7-8,12-13H,1-4,6,9-11H2. The Hall–Kier alpha value is -0.440. The van der Waals surface area contributed by atoms with Gasteiger partial charge in [0, 0.05) is 23.1 Å². The summed E-state index contributed by atoms with van der Waals surface area (Å²) in [4.78, 5) is 2.92. The van der Waals surface area contributed by atoms with E-state index >= 15 is 0 Å². The molecule has 1 saturated heterocycles. The summed E-state index contributed by atoms with van der Waals surface area (Å²) in [5, 5.41) is 0.847. The van der Waals surface area contributed by atoms with Gasteiger partial charge in [0.2, 0.25) is 0 Å². The average Bonchev–Trinajstić information content (AvgIpc) is 2.73. The number of halogens is 1. The molecule has 1 unspecified atom stereocenters. The molecule has 1 aromatic carbocycles. The van der Waals surface area contributed by atoms with Crippen molar-refractivity contribution in [2.24, 2.45) is 5.92 Å². The summed E-state index contributed by atoms with van der Waals surface area (Å²) in [6.07, 6.45) is 9.76. The molecule has 3 heteroatoms. The first kappa shape index (κ1) is 14.5. The van der Waals surface area contributed by atoms with Crippen LogP contribution in [-0.2, 0) is 11.2 Å². The third kappa shape index (κ3) is 3.81. The van der Waals surface area contributed by atoms with E-state index in [9.17, 15) is 0 Å². The Kier molecular flexibility index (Phi) is 5.09. The molecule has 0 N–H and O–H groups in total. The molecule has 3 rings (SSSR count). The van der Waals surface area contributed by atoms with E-state index in [4.69, 9.17) is 16.3 Å². The summed E-state index contributed by atoms with van der Waals surface area (Å²) in [6, 6.07) is 6.26. The van der Waals surface area contributed by atoms with Gasteiger partial charge in [-0.1, -0.05) is 29.4 Å². The lowest BCUT2D eigenvalue weighted by molar-refractivity contribution is 0.141. The zero-order valence-corrected chi connectivity index (χ0v) is 13.3. The largest absolute Gasteiger partial charge is 0.381 e. The van der Waals surface area contributed by atoms with E-state index in [1.165, 1.54) is 47.5 Å². The number of benzene rings is 1. The predicted octanol–water partition coefficient (Wildman–Crippen LogP) is 5.47. The number of rotatable bonds is 3. The second-order valence-electron chi connectivity index (χ2n) is 5.68. The molecule has 2 aliphatic heterocycles. The van der Waals surface area contributed by atoms with Crippen molar-refractivity contribution in [3.05, 3.63) is 39.8 Å². The molecule has 2 heterocycles. The maximum atomic E-state index is 6.05. The van der Waals surface area contributed by atoms with Crippen LogP contribution in [0.25, 0.3) is 0 Å². The van der Waals surface area contributed by atoms with Crippen molar-refractivity contribution < 1.29 is 4.74 Å². The minimum absolute atomic E-state index is 0.847. The average molecular weight is 309 g/mol. The van der Waals surface area contributed by atoms with Gasteiger partial charge in [-0.3, -0.25) is 0 Å². The molecule has 0 amide bonds. The van der Waals surface area contributed by atoms with Crippen molar-refractivity contribution in [1.82, 2.24) is 0 Å². The zero-order valence-electron chi connectivity index (χ0n) is 11.7. The molecular weight excluding hydrogens is 288 g/mol. The van der Waals surface area contributed by atoms with Crippen LogP contribution in [0.3, 0.4) is 0 Å². The lowest BCUT2D eigenvalue weighted by Crippen LogP contribution is -2.02. The van der Waals surface area contributed by atoms with E-state index in [1.807, 2.05) is 17.8 Å². The van der Waals surface area contributed by atoms with Crippen LogP contribution >= 0.6 is 23.4 Å². The number of ether oxygens (including phenoxy) is 1. The second-order valence-corrected chi connectivity index (χ2v) is 7.28. The van der Waals surface area contributed by atoms with Gasteiger partial charge in [-0.05, 0) is 73.1 Å². The van der Waals surface area contributed by atoms with Crippen LogP contribution in [0.4, 0.5) is 0 Å². The monoisotopic (exact) mass is 308 g/mol. The van der Waals surface area contributed by atoms with Gasteiger partial charge in [0.1, 0.15) is 0 Å². The zero-order chi connectivity index (χ0) is 13.8. The molecule has 20 heavy (non-hydrogen) atoms. The normalized spacial score (nSPS) is 22.9. The Bertz CT molecular complexity index is 490. The number of fused-ring (bicyclic) bond motifs is 1. The molecule has 1 fully saturated rings. The van der Waals surface area contributed by atoms with Crippen molar-refractivity contribution in [1.29, 1.82) is 0 Å². The van der Waals surface area contributed by atoms with Crippen LogP contribution in [0.15, 0.2) is 34.1 Å². The van der Waals surface area contributed by atoms with E-state index in [0.717, 1.165) is 30.6 Å². The smallest absolute Gasteiger partial charge is 0.0468 e. The number of allylic oxidation sites excluding steroid dienone is 2. The molecule has 108 valence electrons. The van der Waals surface area contributed by atoms with Gasteiger partial charge in [-0.25, -0.2) is 0 Å². The highest BCUT2D eigenvalue weighted by Crippen LogP contribution is 2.39. The molecule has 0 bridgehead atoms. The van der Waals surface area contributed by atoms with E-state index < -0.39 is 0 Å². The van der Waals surface area contributed by atoms with Crippen molar-refractivity contribution in [2.45, 2.75) is 43.4 Å². The molecule has 1 aromatic rings. The molecule has 0 radical (unpaired) electrons. The molecule has 0 aromatic heterocycles. The third-order valence-corrected chi connectivity index (χ3v) is 5.67. The summed E-state index contributed by atoms with van der Waals surface area (Å²) in [5.74, 6) is 0.852. The maximum absolute atomic E-state index is 6.05. The van der Waals surface area contributed by atoms with Gasteiger partial charge in [0.05, 0.1) is 0 Å². The van der Waals surface area contributed by atoms with Crippen molar-refractivity contribution >= 4 is 23.4 Å². The fraction of sp³-hybridized carbons (Fsp3) is 0.529. The Balaban J connectivity index is 1.54. The van der Waals surface area contributed by atoms with Gasteiger partial charge >= 0.3 is 0 Å². The summed E-state index contributed by atoms with van der Waals surface area (Å²) in [7, 11) is 0. The van der Waals surface area contributed by atoms with Gasteiger partial charge in [-0.15, -0.1) is 0 Å². The Morgan fingerprint density at radius 2 is 2.20 bits per heavy atom.